The van der Waals surface area contributed by atoms with Crippen molar-refractivity contribution in [2.45, 2.75) is 53.1 Å². The van der Waals surface area contributed by atoms with Gasteiger partial charge in [0.1, 0.15) is 5.56 Å². The van der Waals surface area contributed by atoms with E-state index >= 15 is 0 Å². The normalized spacial score (nSPS) is 13.1. The van der Waals surface area contributed by atoms with Crippen molar-refractivity contribution in [2.75, 3.05) is 0 Å². The Labute approximate surface area is 142 Å². The Morgan fingerprint density at radius 3 is 2.54 bits per heavy atom. The van der Waals surface area contributed by atoms with Gasteiger partial charge in [0.15, 0.2) is 0 Å². The van der Waals surface area contributed by atoms with Crippen LogP contribution in [0.15, 0.2) is 35.6 Å². The molecule has 0 saturated heterocycles. The van der Waals surface area contributed by atoms with Gasteiger partial charge in [0.2, 0.25) is 0 Å². The van der Waals surface area contributed by atoms with E-state index in [1.807, 2.05) is 24.6 Å². The lowest BCUT2D eigenvalue weighted by Crippen LogP contribution is -2.47. The molecule has 0 aliphatic heterocycles. The number of carbonyl (C=O) groups excluding carboxylic acids is 1. The topological polar surface area (TPSA) is 79.8 Å². The maximum atomic E-state index is 12.6. The summed E-state index contributed by atoms with van der Waals surface area (Å²) in [7, 11) is 0. The molecule has 0 spiro atoms. The van der Waals surface area contributed by atoms with Crippen LogP contribution in [0.25, 0.3) is 0 Å². The van der Waals surface area contributed by atoms with Crippen LogP contribution in [0.1, 0.15) is 56.6 Å². The molecule has 0 bridgehead atoms. The number of pyridine rings is 1. The molecule has 0 fully saturated rings. The van der Waals surface area contributed by atoms with E-state index in [0.717, 1.165) is 5.69 Å². The van der Waals surface area contributed by atoms with Crippen LogP contribution in [0.5, 0.6) is 0 Å². The van der Waals surface area contributed by atoms with Gasteiger partial charge in [-0.25, -0.2) is 4.98 Å². The highest BCUT2D eigenvalue weighted by Crippen LogP contribution is 2.21. The standard InChI is InChI=1S/C18H26N4O2/c1-12(2)14-7-6-13(16(23)20-14)17(24)21-15(18(3,4)5)10-22-9-8-19-11-22/h6-9,11-12,15H,10H2,1-5H3,(H,20,23)(H,21,24)/t15-/m0/s1. The molecule has 130 valence electrons. The fraction of sp³-hybridized carbons (Fsp3) is 0.500. The summed E-state index contributed by atoms with van der Waals surface area (Å²) in [5, 5.41) is 2.99. The molecular formula is C18H26N4O2. The molecule has 0 aliphatic rings. The van der Waals surface area contributed by atoms with Gasteiger partial charge < -0.3 is 14.9 Å². The van der Waals surface area contributed by atoms with E-state index in [1.54, 1.807) is 24.7 Å². The Balaban J connectivity index is 2.20. The first-order valence-electron chi connectivity index (χ1n) is 8.18. The molecule has 2 aromatic heterocycles. The molecule has 6 heteroatoms. The highest BCUT2D eigenvalue weighted by atomic mass is 16.2. The van der Waals surface area contributed by atoms with Crippen LogP contribution < -0.4 is 10.9 Å². The third-order valence-electron chi connectivity index (χ3n) is 4.10. The summed E-state index contributed by atoms with van der Waals surface area (Å²) < 4.78 is 1.92. The number of nitrogens with zero attached hydrogens (tertiary/aromatic N) is 2. The van der Waals surface area contributed by atoms with Gasteiger partial charge in [0.05, 0.1) is 12.4 Å². The Hall–Kier alpha value is -2.37. The largest absolute Gasteiger partial charge is 0.347 e. The smallest absolute Gasteiger partial charge is 0.261 e. The molecule has 0 radical (unpaired) electrons. The van der Waals surface area contributed by atoms with Gasteiger partial charge in [0.25, 0.3) is 11.5 Å². The van der Waals surface area contributed by atoms with Gasteiger partial charge in [-0.3, -0.25) is 9.59 Å². The number of aromatic nitrogens is 3. The third-order valence-corrected chi connectivity index (χ3v) is 4.10. The number of hydrogen-bond acceptors (Lipinski definition) is 3. The number of carbonyl (C=O) groups is 1. The minimum atomic E-state index is -0.355. The molecule has 24 heavy (non-hydrogen) atoms. The van der Waals surface area contributed by atoms with Crippen LogP contribution in [-0.4, -0.2) is 26.5 Å². The van der Waals surface area contributed by atoms with Gasteiger partial charge in [-0.15, -0.1) is 0 Å². The van der Waals surface area contributed by atoms with Crippen molar-refractivity contribution in [3.8, 4) is 0 Å². The maximum absolute atomic E-state index is 12.6. The van der Waals surface area contributed by atoms with Crippen LogP contribution in [0.2, 0.25) is 0 Å². The minimum absolute atomic E-state index is 0.136. The van der Waals surface area contributed by atoms with Crippen LogP contribution >= 0.6 is 0 Å². The van der Waals surface area contributed by atoms with E-state index in [4.69, 9.17) is 0 Å². The van der Waals surface area contributed by atoms with Crippen molar-refractivity contribution in [2.24, 2.45) is 5.41 Å². The zero-order chi connectivity index (χ0) is 17.9. The average molecular weight is 330 g/mol. The summed E-state index contributed by atoms with van der Waals surface area (Å²) in [5.41, 5.74) is 0.445. The monoisotopic (exact) mass is 330 g/mol. The van der Waals surface area contributed by atoms with Gasteiger partial charge in [-0.1, -0.05) is 34.6 Å². The highest BCUT2D eigenvalue weighted by Gasteiger charge is 2.27. The summed E-state index contributed by atoms with van der Waals surface area (Å²) in [6, 6.07) is 3.26. The van der Waals surface area contributed by atoms with Crippen LogP contribution in [0.3, 0.4) is 0 Å². The lowest BCUT2D eigenvalue weighted by Gasteiger charge is -2.31. The molecule has 2 heterocycles. The van der Waals surface area contributed by atoms with E-state index in [0.29, 0.717) is 6.54 Å². The first kappa shape index (κ1) is 18.0. The Bertz CT molecular complexity index is 739. The zero-order valence-corrected chi connectivity index (χ0v) is 15.0. The highest BCUT2D eigenvalue weighted by molar-refractivity contribution is 5.94. The van der Waals surface area contributed by atoms with E-state index in [9.17, 15) is 9.59 Å². The molecule has 6 nitrogen and oxygen atoms in total. The molecule has 0 aromatic carbocycles. The van der Waals surface area contributed by atoms with Crippen molar-refractivity contribution < 1.29 is 4.79 Å². The second-order valence-electron chi connectivity index (χ2n) is 7.46. The summed E-state index contributed by atoms with van der Waals surface area (Å²) in [6.07, 6.45) is 5.28. The summed E-state index contributed by atoms with van der Waals surface area (Å²) in [5.74, 6) is -0.148. The number of nitrogens with one attached hydrogen (secondary N) is 2. The molecule has 0 saturated carbocycles. The number of amides is 1. The maximum Gasteiger partial charge on any atom is 0.261 e. The first-order valence-corrected chi connectivity index (χ1v) is 8.18. The molecule has 2 aromatic rings. The zero-order valence-electron chi connectivity index (χ0n) is 15.0. The van der Waals surface area contributed by atoms with Crippen LogP contribution in [-0.2, 0) is 6.54 Å². The molecule has 2 N–H and O–H groups in total. The molecule has 1 amide bonds. The fourth-order valence-electron chi connectivity index (χ4n) is 2.38. The lowest BCUT2D eigenvalue weighted by atomic mass is 9.86. The molecule has 0 aliphatic carbocycles. The predicted octanol–water partition coefficient (Wildman–Crippen LogP) is 2.54. The van der Waals surface area contributed by atoms with Crippen LogP contribution in [0.4, 0.5) is 0 Å². The van der Waals surface area contributed by atoms with Crippen molar-refractivity contribution in [1.82, 2.24) is 19.9 Å². The quantitative estimate of drug-likeness (QED) is 0.884. The molecule has 1 atom stereocenters. The summed E-state index contributed by atoms with van der Waals surface area (Å²) in [4.78, 5) is 31.6. The SMILES string of the molecule is CC(C)c1ccc(C(=O)N[C@@H](Cn2ccnc2)C(C)(C)C)c(=O)[nH]1. The molecule has 0 unspecified atom stereocenters. The van der Waals surface area contributed by atoms with E-state index in [1.165, 1.54) is 0 Å². The Kier molecular flexibility index (Phi) is 5.26. The van der Waals surface area contributed by atoms with E-state index in [2.05, 4.69) is 36.1 Å². The van der Waals surface area contributed by atoms with Gasteiger partial charge in [0, 0.05) is 24.6 Å². The Morgan fingerprint density at radius 1 is 1.33 bits per heavy atom. The number of hydrogen-bond donors (Lipinski definition) is 2. The summed E-state index contributed by atoms with van der Waals surface area (Å²) >= 11 is 0. The molecular weight excluding hydrogens is 304 g/mol. The average Bonchev–Trinajstić information content (AvgIpc) is 2.98. The van der Waals surface area contributed by atoms with Crippen molar-refractivity contribution in [3.05, 3.63) is 52.5 Å². The molecule has 2 rings (SSSR count). The van der Waals surface area contributed by atoms with Crippen molar-refractivity contribution in [3.63, 3.8) is 0 Å². The van der Waals surface area contributed by atoms with Gasteiger partial charge >= 0.3 is 0 Å². The second kappa shape index (κ2) is 7.03. The van der Waals surface area contributed by atoms with Gasteiger partial charge in [-0.05, 0) is 23.5 Å². The number of rotatable bonds is 5. The van der Waals surface area contributed by atoms with E-state index in [-0.39, 0.29) is 34.4 Å². The van der Waals surface area contributed by atoms with Crippen LogP contribution in [0, 0.1) is 5.41 Å². The van der Waals surface area contributed by atoms with Crippen molar-refractivity contribution in [1.29, 1.82) is 0 Å². The minimum Gasteiger partial charge on any atom is -0.347 e. The predicted molar refractivity (Wildman–Crippen MR) is 94.1 cm³/mol. The number of aromatic amines is 1. The number of H-pyrrole nitrogens is 1. The second-order valence-corrected chi connectivity index (χ2v) is 7.46. The van der Waals surface area contributed by atoms with Gasteiger partial charge in [-0.2, -0.15) is 0 Å². The van der Waals surface area contributed by atoms with E-state index < -0.39 is 0 Å². The summed E-state index contributed by atoms with van der Waals surface area (Å²) in [6.45, 7) is 10.7. The Morgan fingerprint density at radius 2 is 2.04 bits per heavy atom. The third kappa shape index (κ3) is 4.34. The first-order chi connectivity index (χ1) is 11.2. The lowest BCUT2D eigenvalue weighted by molar-refractivity contribution is 0.0891. The van der Waals surface area contributed by atoms with Crippen molar-refractivity contribution >= 4 is 5.91 Å². The number of imidazole rings is 1. The fourth-order valence-corrected chi connectivity index (χ4v) is 2.38.